The van der Waals surface area contributed by atoms with Crippen LogP contribution in [-0.2, 0) is 4.79 Å². The van der Waals surface area contributed by atoms with Crippen LogP contribution >= 0.6 is 0 Å². The lowest BCUT2D eigenvalue weighted by atomic mass is 9.93. The van der Waals surface area contributed by atoms with Gasteiger partial charge in [0.2, 0.25) is 5.91 Å². The van der Waals surface area contributed by atoms with Crippen LogP contribution in [0, 0.1) is 5.41 Å². The number of ether oxygens (including phenoxy) is 1. The lowest BCUT2D eigenvalue weighted by Gasteiger charge is -2.27. The molecule has 3 amide bonds. The molecule has 0 aliphatic carbocycles. The van der Waals surface area contributed by atoms with Crippen LogP contribution in [0.4, 0.5) is 16.2 Å². The van der Waals surface area contributed by atoms with E-state index in [1.165, 1.54) is 0 Å². The van der Waals surface area contributed by atoms with Crippen molar-refractivity contribution in [1.29, 1.82) is 0 Å². The molecule has 1 aliphatic heterocycles. The van der Waals surface area contributed by atoms with E-state index in [1.54, 1.807) is 23.1 Å². The summed E-state index contributed by atoms with van der Waals surface area (Å²) in [5.41, 5.74) is 0.756. The Morgan fingerprint density at radius 1 is 1.46 bits per heavy atom. The molecule has 0 spiro atoms. The Hall–Kier alpha value is -2.50. The summed E-state index contributed by atoms with van der Waals surface area (Å²) in [6.45, 7) is 10.7. The molecule has 1 heterocycles. The van der Waals surface area contributed by atoms with Gasteiger partial charge in [0.25, 0.3) is 0 Å². The van der Waals surface area contributed by atoms with Crippen LogP contribution in [0.3, 0.4) is 0 Å². The fourth-order valence-corrected chi connectivity index (χ4v) is 2.51. The third-order valence-electron chi connectivity index (χ3n) is 3.78. The number of urea groups is 1. The molecule has 1 aromatic rings. The first-order valence-corrected chi connectivity index (χ1v) is 8.13. The monoisotopic (exact) mass is 331 g/mol. The van der Waals surface area contributed by atoms with Crippen molar-refractivity contribution in [1.82, 2.24) is 5.32 Å². The Morgan fingerprint density at radius 3 is 2.88 bits per heavy atom. The second-order valence-corrected chi connectivity index (χ2v) is 6.44. The summed E-state index contributed by atoms with van der Waals surface area (Å²) in [5.74, 6) is 0.649. The van der Waals surface area contributed by atoms with Crippen molar-refractivity contribution in [3.63, 3.8) is 0 Å². The summed E-state index contributed by atoms with van der Waals surface area (Å²) in [6.07, 6.45) is 2.46. The third-order valence-corrected chi connectivity index (χ3v) is 3.78. The minimum Gasteiger partial charge on any atom is -0.490 e. The van der Waals surface area contributed by atoms with Gasteiger partial charge in [-0.2, -0.15) is 0 Å². The highest BCUT2D eigenvalue weighted by molar-refractivity contribution is 6.00. The maximum Gasteiger partial charge on any atom is 0.319 e. The quantitative estimate of drug-likeness (QED) is 0.814. The summed E-state index contributed by atoms with van der Waals surface area (Å²) in [4.78, 5) is 26.3. The Labute approximate surface area is 142 Å². The van der Waals surface area contributed by atoms with E-state index in [1.807, 2.05) is 26.8 Å². The number of anilines is 2. The van der Waals surface area contributed by atoms with Gasteiger partial charge in [-0.05, 0) is 32.4 Å². The van der Waals surface area contributed by atoms with Gasteiger partial charge in [-0.15, -0.1) is 6.58 Å². The number of benzene rings is 1. The van der Waals surface area contributed by atoms with Crippen molar-refractivity contribution in [2.75, 3.05) is 29.9 Å². The number of hydrogen-bond donors (Lipinski definition) is 2. The maximum absolute atomic E-state index is 12.8. The molecule has 24 heavy (non-hydrogen) atoms. The van der Waals surface area contributed by atoms with Gasteiger partial charge in [0.15, 0.2) is 0 Å². The number of carbonyl (C=O) groups is 2. The molecule has 0 bridgehead atoms. The number of amides is 3. The van der Waals surface area contributed by atoms with Crippen molar-refractivity contribution in [2.24, 2.45) is 5.41 Å². The second-order valence-electron chi connectivity index (χ2n) is 6.44. The topological polar surface area (TPSA) is 70.7 Å². The van der Waals surface area contributed by atoms with Crippen molar-refractivity contribution < 1.29 is 14.3 Å². The van der Waals surface area contributed by atoms with Gasteiger partial charge in [0.1, 0.15) is 12.4 Å². The normalized spacial score (nSPS) is 15.8. The predicted molar refractivity (Wildman–Crippen MR) is 95.6 cm³/mol. The fourth-order valence-electron chi connectivity index (χ4n) is 2.51. The molecule has 0 atom stereocenters. The highest BCUT2D eigenvalue weighted by atomic mass is 16.5. The largest absolute Gasteiger partial charge is 0.490 e. The minimum atomic E-state index is -0.594. The number of hydrogen-bond acceptors (Lipinski definition) is 3. The molecule has 1 aliphatic rings. The highest BCUT2D eigenvalue weighted by Gasteiger charge is 2.37. The molecule has 1 aromatic carbocycles. The van der Waals surface area contributed by atoms with Crippen LogP contribution in [0.25, 0.3) is 0 Å². The number of nitrogens with one attached hydrogen (secondary N) is 2. The van der Waals surface area contributed by atoms with E-state index in [4.69, 9.17) is 4.74 Å². The molecular formula is C18H25N3O3. The lowest BCUT2D eigenvalue weighted by molar-refractivity contribution is -0.127. The summed E-state index contributed by atoms with van der Waals surface area (Å²) >= 11 is 0. The lowest BCUT2D eigenvalue weighted by Crippen LogP contribution is -2.42. The Morgan fingerprint density at radius 2 is 2.21 bits per heavy atom. The van der Waals surface area contributed by atoms with Gasteiger partial charge >= 0.3 is 6.03 Å². The van der Waals surface area contributed by atoms with Crippen molar-refractivity contribution >= 4 is 23.3 Å². The number of carbonyl (C=O) groups excluding carboxylic acids is 2. The molecule has 0 saturated heterocycles. The van der Waals surface area contributed by atoms with E-state index in [2.05, 4.69) is 17.2 Å². The smallest absolute Gasteiger partial charge is 0.319 e. The van der Waals surface area contributed by atoms with Crippen LogP contribution in [0.1, 0.15) is 27.2 Å². The van der Waals surface area contributed by atoms with Crippen LogP contribution in [0.15, 0.2) is 30.9 Å². The van der Waals surface area contributed by atoms with Gasteiger partial charge in [0.05, 0.1) is 11.1 Å². The highest BCUT2D eigenvalue weighted by Crippen LogP contribution is 2.38. The van der Waals surface area contributed by atoms with E-state index < -0.39 is 5.41 Å². The predicted octanol–water partition coefficient (Wildman–Crippen LogP) is 3.16. The van der Waals surface area contributed by atoms with E-state index in [-0.39, 0.29) is 11.9 Å². The zero-order chi connectivity index (χ0) is 17.7. The first kappa shape index (κ1) is 17.8. The van der Waals surface area contributed by atoms with Gasteiger partial charge in [-0.3, -0.25) is 4.79 Å². The molecule has 0 radical (unpaired) electrons. The van der Waals surface area contributed by atoms with Crippen molar-refractivity contribution in [3.05, 3.63) is 30.9 Å². The zero-order valence-electron chi connectivity index (χ0n) is 14.5. The molecule has 2 rings (SSSR count). The Kier molecular flexibility index (Phi) is 5.49. The van der Waals surface area contributed by atoms with Crippen LogP contribution in [-0.4, -0.2) is 31.6 Å². The van der Waals surface area contributed by atoms with Crippen LogP contribution in [0.2, 0.25) is 0 Å². The van der Waals surface area contributed by atoms with Crippen molar-refractivity contribution in [3.8, 4) is 5.75 Å². The van der Waals surface area contributed by atoms with E-state index >= 15 is 0 Å². The van der Waals surface area contributed by atoms with Crippen LogP contribution < -0.4 is 20.3 Å². The fraction of sp³-hybridized carbons (Fsp3) is 0.444. The molecule has 6 nitrogen and oxygen atoms in total. The molecule has 130 valence electrons. The van der Waals surface area contributed by atoms with E-state index in [0.29, 0.717) is 31.1 Å². The standard InChI is InChI=1S/C18H25N3O3/c1-5-9-19-17(23)20-13-7-8-14-15(11-13)24-12-18(3,4)16(22)21(14)10-6-2/h5,7-8,11H,1,6,9-10,12H2,2-4H3,(H2,19,20,23). The molecule has 0 unspecified atom stereocenters. The molecule has 2 N–H and O–H groups in total. The average molecular weight is 331 g/mol. The van der Waals surface area contributed by atoms with Gasteiger partial charge in [0, 0.05) is 24.8 Å². The van der Waals surface area contributed by atoms with Gasteiger partial charge in [-0.25, -0.2) is 4.79 Å². The maximum atomic E-state index is 12.8. The van der Waals surface area contributed by atoms with Gasteiger partial charge < -0.3 is 20.3 Å². The third kappa shape index (κ3) is 3.88. The first-order chi connectivity index (χ1) is 11.4. The van der Waals surface area contributed by atoms with Gasteiger partial charge in [-0.1, -0.05) is 13.0 Å². The number of rotatable bonds is 5. The SMILES string of the molecule is C=CCNC(=O)Nc1ccc2c(c1)OCC(C)(C)C(=O)N2CCC. The van der Waals surface area contributed by atoms with E-state index in [0.717, 1.165) is 12.1 Å². The zero-order valence-corrected chi connectivity index (χ0v) is 14.5. The molecule has 0 aromatic heterocycles. The van der Waals surface area contributed by atoms with Crippen LogP contribution in [0.5, 0.6) is 5.75 Å². The second kappa shape index (κ2) is 7.38. The summed E-state index contributed by atoms with van der Waals surface area (Å²) < 4.78 is 5.86. The molecule has 0 saturated carbocycles. The Bertz CT molecular complexity index is 640. The first-order valence-electron chi connectivity index (χ1n) is 8.13. The Balaban J connectivity index is 2.28. The summed E-state index contributed by atoms with van der Waals surface area (Å²) in [6, 6.07) is 5.02. The minimum absolute atomic E-state index is 0.0486. The number of nitrogens with zero attached hydrogens (tertiary/aromatic N) is 1. The molecular weight excluding hydrogens is 306 g/mol. The van der Waals surface area contributed by atoms with Crippen molar-refractivity contribution in [2.45, 2.75) is 27.2 Å². The molecule has 6 heteroatoms. The average Bonchev–Trinajstić information content (AvgIpc) is 2.64. The summed E-state index contributed by atoms with van der Waals surface area (Å²) in [7, 11) is 0. The number of fused-ring (bicyclic) bond motifs is 1. The van der Waals surface area contributed by atoms with E-state index in [9.17, 15) is 9.59 Å². The summed E-state index contributed by atoms with van der Waals surface area (Å²) in [5, 5.41) is 5.39. The molecule has 0 fully saturated rings.